The van der Waals surface area contributed by atoms with E-state index in [1.165, 1.54) is 12.8 Å². The second-order valence-electron chi connectivity index (χ2n) is 6.45. The van der Waals surface area contributed by atoms with Gasteiger partial charge in [0.15, 0.2) is 0 Å². The molecule has 1 aromatic carbocycles. The molecule has 4 nitrogen and oxygen atoms in total. The predicted molar refractivity (Wildman–Crippen MR) is 91.9 cm³/mol. The van der Waals surface area contributed by atoms with Crippen LogP contribution in [0.2, 0.25) is 5.02 Å². The molecule has 0 unspecified atom stereocenters. The van der Waals surface area contributed by atoms with Gasteiger partial charge in [0.25, 0.3) is 0 Å². The van der Waals surface area contributed by atoms with Gasteiger partial charge in [-0.2, -0.15) is 0 Å². The Morgan fingerprint density at radius 2 is 1.83 bits per heavy atom. The van der Waals surface area contributed by atoms with Crippen LogP contribution in [-0.2, 0) is 0 Å². The Kier molecular flexibility index (Phi) is 7.18. The molecule has 0 heterocycles. The van der Waals surface area contributed by atoms with E-state index in [9.17, 15) is 4.79 Å². The highest BCUT2D eigenvalue weighted by Gasteiger charge is 2.23. The Balaban J connectivity index is 1.73. The lowest BCUT2D eigenvalue weighted by molar-refractivity contribution is 0.144. The molecule has 0 bridgehead atoms. The van der Waals surface area contributed by atoms with Crippen LogP contribution in [0.5, 0.6) is 5.75 Å². The fraction of sp³-hybridized carbons (Fsp3) is 0.611. The fourth-order valence-corrected chi connectivity index (χ4v) is 3.35. The first-order chi connectivity index (χ1) is 11.1. The van der Waals surface area contributed by atoms with Gasteiger partial charge in [-0.1, -0.05) is 24.4 Å². The normalized spacial score (nSPS) is 21.0. The van der Waals surface area contributed by atoms with Crippen molar-refractivity contribution >= 4 is 17.7 Å². The molecular formula is C18H26ClNO3. The van der Waals surface area contributed by atoms with Crippen LogP contribution < -0.4 is 4.74 Å². The molecule has 5 heteroatoms. The first-order valence-electron chi connectivity index (χ1n) is 8.38. The van der Waals surface area contributed by atoms with E-state index in [0.717, 1.165) is 38.1 Å². The van der Waals surface area contributed by atoms with E-state index in [0.29, 0.717) is 23.3 Å². The van der Waals surface area contributed by atoms with E-state index in [-0.39, 0.29) is 6.09 Å². The zero-order chi connectivity index (χ0) is 16.7. The third-order valence-corrected chi connectivity index (χ3v) is 4.85. The van der Waals surface area contributed by atoms with Crippen molar-refractivity contribution in [2.45, 2.75) is 38.5 Å². The Hall–Kier alpha value is -1.26. The zero-order valence-electron chi connectivity index (χ0n) is 13.7. The molecule has 0 aliphatic heterocycles. The zero-order valence-corrected chi connectivity index (χ0v) is 14.5. The minimum absolute atomic E-state index is 0.291. The summed E-state index contributed by atoms with van der Waals surface area (Å²) in [7, 11) is 1.79. The lowest BCUT2D eigenvalue weighted by Crippen LogP contribution is -2.35. The minimum atomic E-state index is -0.324. The number of benzene rings is 1. The third kappa shape index (κ3) is 6.04. The summed E-state index contributed by atoms with van der Waals surface area (Å²) < 4.78 is 5.35. The molecule has 0 atom stereocenters. The molecule has 1 aliphatic carbocycles. The molecule has 1 aromatic rings. The molecule has 1 amide bonds. The number of aliphatic hydroxyl groups is 1. The Labute approximate surface area is 143 Å². The SMILES string of the molecule is CN(C[C@H]1CC[C@H](CCCO)CC1)C(=O)Oc1ccc(Cl)cc1. The molecule has 1 aliphatic rings. The van der Waals surface area contributed by atoms with Gasteiger partial charge in [-0.3, -0.25) is 0 Å². The number of hydrogen-bond donors (Lipinski definition) is 1. The number of hydrogen-bond acceptors (Lipinski definition) is 3. The van der Waals surface area contributed by atoms with Crippen LogP contribution in [0, 0.1) is 11.8 Å². The van der Waals surface area contributed by atoms with Crippen LogP contribution in [0.3, 0.4) is 0 Å². The van der Waals surface area contributed by atoms with E-state index >= 15 is 0 Å². The summed E-state index contributed by atoms with van der Waals surface area (Å²) in [6.07, 6.45) is 6.40. The van der Waals surface area contributed by atoms with Gasteiger partial charge in [-0.25, -0.2) is 4.79 Å². The first kappa shape index (κ1) is 18.1. The van der Waals surface area contributed by atoms with E-state index in [4.69, 9.17) is 21.4 Å². The maximum Gasteiger partial charge on any atom is 0.414 e. The van der Waals surface area contributed by atoms with Crippen LogP contribution in [0.1, 0.15) is 38.5 Å². The summed E-state index contributed by atoms with van der Waals surface area (Å²) in [5, 5.41) is 9.52. The van der Waals surface area contributed by atoms with Crippen molar-refractivity contribution in [3.05, 3.63) is 29.3 Å². The van der Waals surface area contributed by atoms with Gasteiger partial charge in [-0.15, -0.1) is 0 Å². The molecule has 2 rings (SSSR count). The average molecular weight is 340 g/mol. The summed E-state index contributed by atoms with van der Waals surface area (Å²) in [5.74, 6) is 1.80. The molecule has 0 aromatic heterocycles. The van der Waals surface area contributed by atoms with Crippen molar-refractivity contribution in [2.24, 2.45) is 11.8 Å². The molecule has 128 valence electrons. The Morgan fingerprint density at radius 1 is 1.22 bits per heavy atom. The highest BCUT2D eigenvalue weighted by atomic mass is 35.5. The van der Waals surface area contributed by atoms with Crippen molar-refractivity contribution in [3.8, 4) is 5.75 Å². The summed E-state index contributed by atoms with van der Waals surface area (Å²) >= 11 is 5.82. The highest BCUT2D eigenvalue weighted by molar-refractivity contribution is 6.30. The number of carbonyl (C=O) groups is 1. The maximum atomic E-state index is 12.1. The standard InChI is InChI=1S/C18H26ClNO3/c1-20(18(22)23-17-10-8-16(19)9-11-17)13-15-6-4-14(5-7-15)3-2-12-21/h8-11,14-15,21H,2-7,12-13H2,1H3/t14-,15-. The first-order valence-corrected chi connectivity index (χ1v) is 8.75. The molecule has 1 N–H and O–H groups in total. The van der Waals surface area contributed by atoms with Crippen LogP contribution in [0.25, 0.3) is 0 Å². The third-order valence-electron chi connectivity index (χ3n) is 4.60. The van der Waals surface area contributed by atoms with Gasteiger partial charge in [0.2, 0.25) is 0 Å². The van der Waals surface area contributed by atoms with E-state index < -0.39 is 0 Å². The van der Waals surface area contributed by atoms with Gasteiger partial charge >= 0.3 is 6.09 Å². The van der Waals surface area contributed by atoms with Crippen molar-refractivity contribution in [1.29, 1.82) is 0 Å². The van der Waals surface area contributed by atoms with Gasteiger partial charge < -0.3 is 14.7 Å². The number of nitrogens with zero attached hydrogens (tertiary/aromatic N) is 1. The molecule has 23 heavy (non-hydrogen) atoms. The van der Waals surface area contributed by atoms with E-state index in [1.807, 2.05) is 0 Å². The summed E-state index contributed by atoms with van der Waals surface area (Å²) in [4.78, 5) is 13.8. The molecule has 0 radical (unpaired) electrons. The lowest BCUT2D eigenvalue weighted by Gasteiger charge is -2.31. The van der Waals surface area contributed by atoms with E-state index in [1.54, 1.807) is 36.2 Å². The second kappa shape index (κ2) is 9.14. The Bertz CT molecular complexity index is 484. The smallest absolute Gasteiger partial charge is 0.410 e. The predicted octanol–water partition coefficient (Wildman–Crippen LogP) is 4.35. The van der Waals surface area contributed by atoms with Crippen molar-refractivity contribution < 1.29 is 14.6 Å². The maximum absolute atomic E-state index is 12.1. The largest absolute Gasteiger partial charge is 0.414 e. The molecule has 1 saturated carbocycles. The van der Waals surface area contributed by atoms with Gasteiger partial charge in [0.1, 0.15) is 5.75 Å². The van der Waals surface area contributed by atoms with Gasteiger partial charge in [0, 0.05) is 25.2 Å². The van der Waals surface area contributed by atoms with Crippen molar-refractivity contribution in [3.63, 3.8) is 0 Å². The quantitative estimate of drug-likeness (QED) is 0.838. The van der Waals surface area contributed by atoms with Crippen LogP contribution in [0.15, 0.2) is 24.3 Å². The number of ether oxygens (including phenoxy) is 1. The fourth-order valence-electron chi connectivity index (χ4n) is 3.23. The highest BCUT2D eigenvalue weighted by Crippen LogP contribution is 2.32. The van der Waals surface area contributed by atoms with Crippen molar-refractivity contribution in [2.75, 3.05) is 20.2 Å². The second-order valence-corrected chi connectivity index (χ2v) is 6.89. The monoisotopic (exact) mass is 339 g/mol. The van der Waals surface area contributed by atoms with Crippen molar-refractivity contribution in [1.82, 2.24) is 4.90 Å². The number of carbonyl (C=O) groups excluding carboxylic acids is 1. The molecule has 0 saturated heterocycles. The van der Waals surface area contributed by atoms with E-state index in [2.05, 4.69) is 0 Å². The van der Waals surface area contributed by atoms with Gasteiger partial charge in [0.05, 0.1) is 0 Å². The summed E-state index contributed by atoms with van der Waals surface area (Å²) in [5.41, 5.74) is 0. The van der Waals surface area contributed by atoms with Gasteiger partial charge in [-0.05, 0) is 61.8 Å². The number of amides is 1. The van der Waals surface area contributed by atoms with Crippen LogP contribution >= 0.6 is 11.6 Å². The van der Waals surface area contributed by atoms with Crippen LogP contribution in [0.4, 0.5) is 4.79 Å². The summed E-state index contributed by atoms with van der Waals surface area (Å²) in [6, 6.07) is 6.80. The number of rotatable bonds is 6. The number of halogens is 1. The minimum Gasteiger partial charge on any atom is -0.410 e. The lowest BCUT2D eigenvalue weighted by atomic mass is 9.80. The molecular weight excluding hydrogens is 314 g/mol. The average Bonchev–Trinajstić information content (AvgIpc) is 2.56. The molecule has 0 spiro atoms. The topological polar surface area (TPSA) is 49.8 Å². The summed E-state index contributed by atoms with van der Waals surface area (Å²) in [6.45, 7) is 1.03. The van der Waals surface area contributed by atoms with Crippen LogP contribution in [-0.4, -0.2) is 36.3 Å². The Morgan fingerprint density at radius 3 is 2.43 bits per heavy atom. The number of aliphatic hydroxyl groups excluding tert-OH is 1. The molecule has 1 fully saturated rings.